The number of aliphatic carboxylic acids is 1. The van der Waals surface area contributed by atoms with Crippen LogP contribution in [0, 0.1) is 5.82 Å². The lowest BCUT2D eigenvalue weighted by Crippen LogP contribution is -2.61. The summed E-state index contributed by atoms with van der Waals surface area (Å²) in [6, 6.07) is 4.10. The Balaban J connectivity index is 1.99. The van der Waals surface area contributed by atoms with E-state index in [2.05, 4.69) is 4.98 Å². The minimum atomic E-state index is -1.88. The highest BCUT2D eigenvalue weighted by Gasteiger charge is 2.48. The molecular weight excluding hydrogens is 360 g/mol. The van der Waals surface area contributed by atoms with Crippen LogP contribution in [0.25, 0.3) is 10.9 Å². The molecule has 2 heterocycles. The third kappa shape index (κ3) is 3.12. The van der Waals surface area contributed by atoms with E-state index in [1.165, 1.54) is 6.20 Å². The Bertz CT molecular complexity index is 820. The second-order valence-corrected chi connectivity index (χ2v) is 5.83. The van der Waals surface area contributed by atoms with E-state index in [4.69, 9.17) is 26.2 Å². The van der Waals surface area contributed by atoms with Crippen LogP contribution in [0.15, 0.2) is 24.4 Å². The van der Waals surface area contributed by atoms with Gasteiger partial charge in [-0.15, -0.1) is 0 Å². The van der Waals surface area contributed by atoms with Gasteiger partial charge in [-0.05, 0) is 18.2 Å². The summed E-state index contributed by atoms with van der Waals surface area (Å²) in [4.78, 5) is 15.1. The van der Waals surface area contributed by atoms with Crippen molar-refractivity contribution in [3.05, 3.63) is 35.2 Å². The molecule has 134 valence electrons. The highest BCUT2D eigenvalue weighted by molar-refractivity contribution is 6.35. The molecule has 1 aliphatic heterocycles. The van der Waals surface area contributed by atoms with E-state index in [9.17, 15) is 24.5 Å². The Kier molecular flexibility index (Phi) is 4.76. The molecule has 3 rings (SSSR count). The molecule has 1 aliphatic rings. The molecular formula is C15H13ClFNO7. The van der Waals surface area contributed by atoms with Crippen molar-refractivity contribution in [3.63, 3.8) is 0 Å². The van der Waals surface area contributed by atoms with E-state index >= 15 is 0 Å². The van der Waals surface area contributed by atoms with E-state index in [-0.39, 0.29) is 10.5 Å². The Hall–Kier alpha value is -2.04. The Morgan fingerprint density at radius 2 is 2.00 bits per heavy atom. The molecule has 2 aromatic rings. The minimum absolute atomic E-state index is 0.0239. The summed E-state index contributed by atoms with van der Waals surface area (Å²) in [5.41, 5.74) is 0.0239. The fraction of sp³-hybridized carbons (Fsp3) is 0.333. The van der Waals surface area contributed by atoms with E-state index in [1.807, 2.05) is 0 Å². The van der Waals surface area contributed by atoms with Gasteiger partial charge in [-0.2, -0.15) is 0 Å². The van der Waals surface area contributed by atoms with Gasteiger partial charge in [0.15, 0.2) is 17.7 Å². The normalized spacial score (nSPS) is 29.6. The number of carboxylic acid groups (broad SMARTS) is 1. The van der Waals surface area contributed by atoms with Crippen molar-refractivity contribution in [1.29, 1.82) is 0 Å². The number of rotatable bonds is 3. The zero-order valence-corrected chi connectivity index (χ0v) is 13.2. The van der Waals surface area contributed by atoms with Gasteiger partial charge in [0, 0.05) is 11.6 Å². The summed E-state index contributed by atoms with van der Waals surface area (Å²) < 4.78 is 24.5. The van der Waals surface area contributed by atoms with Crippen LogP contribution in [0.2, 0.25) is 5.02 Å². The fourth-order valence-electron chi connectivity index (χ4n) is 2.52. The maximum absolute atomic E-state index is 14.3. The first-order valence-corrected chi connectivity index (χ1v) is 7.51. The van der Waals surface area contributed by atoms with Gasteiger partial charge in [0.05, 0.1) is 5.02 Å². The average Bonchev–Trinajstić information content (AvgIpc) is 2.58. The minimum Gasteiger partial charge on any atom is -0.479 e. The summed E-state index contributed by atoms with van der Waals surface area (Å²) in [5, 5.41) is 38.9. The number of carboxylic acids is 1. The number of carbonyl (C=O) groups is 1. The number of hydrogen-bond acceptors (Lipinski definition) is 7. The molecule has 4 N–H and O–H groups in total. The topological polar surface area (TPSA) is 129 Å². The number of halogens is 2. The molecule has 1 fully saturated rings. The summed E-state index contributed by atoms with van der Waals surface area (Å²) in [6.07, 6.45) is -7.81. The first-order valence-electron chi connectivity index (χ1n) is 7.13. The molecule has 1 aromatic carbocycles. The van der Waals surface area contributed by atoms with Gasteiger partial charge in [-0.1, -0.05) is 11.6 Å². The Labute approximate surface area is 145 Å². The Morgan fingerprint density at radius 1 is 1.28 bits per heavy atom. The van der Waals surface area contributed by atoms with E-state index < -0.39 is 48.2 Å². The molecule has 1 aromatic heterocycles. The van der Waals surface area contributed by atoms with Gasteiger partial charge >= 0.3 is 5.97 Å². The van der Waals surface area contributed by atoms with Gasteiger partial charge < -0.3 is 29.9 Å². The highest BCUT2D eigenvalue weighted by atomic mass is 35.5. The SMILES string of the molecule is O=C(O)[C@H]1OC(Oc2c([18F])cc(Cl)c3cccnc23)[C@H](O)[C@@H](O)[C@@H]1O. The van der Waals surface area contributed by atoms with Crippen molar-refractivity contribution >= 4 is 28.5 Å². The molecule has 0 aliphatic carbocycles. The lowest BCUT2D eigenvalue weighted by atomic mass is 9.99. The number of ether oxygens (including phenoxy) is 2. The third-order valence-corrected chi connectivity index (χ3v) is 4.11. The molecule has 0 saturated carbocycles. The van der Waals surface area contributed by atoms with Crippen molar-refractivity contribution in [2.45, 2.75) is 30.7 Å². The second kappa shape index (κ2) is 6.70. The molecule has 0 spiro atoms. The predicted octanol–water partition coefficient (Wildman–Crippen LogP) is 0.298. The molecule has 8 nitrogen and oxygen atoms in total. The van der Waals surface area contributed by atoms with Crippen molar-refractivity contribution < 1.29 is 39.1 Å². The number of hydrogen-bond donors (Lipinski definition) is 4. The van der Waals surface area contributed by atoms with Crippen LogP contribution in [0.3, 0.4) is 0 Å². The molecule has 25 heavy (non-hydrogen) atoms. The monoisotopic (exact) mass is 372 g/mol. The standard InChI is InChI=1S/C15H13ClFNO7/c16-6-4-7(17)12(8-5(6)2-1-3-18-8)24-15-11(21)9(19)10(20)13(25-15)14(22)23/h1-4,9-11,13,15,19-21H,(H,22,23)/t9-,10-,11+,13-,15?/m0/s1/i17-1. The number of aliphatic hydroxyl groups excluding tert-OH is 3. The smallest absolute Gasteiger partial charge is 0.335 e. The number of aliphatic hydroxyl groups is 3. The molecule has 0 bridgehead atoms. The van der Waals surface area contributed by atoms with Crippen LogP contribution in [0.4, 0.5) is 4.39 Å². The lowest BCUT2D eigenvalue weighted by Gasteiger charge is -2.38. The molecule has 1 unspecified atom stereocenters. The van der Waals surface area contributed by atoms with E-state index in [0.29, 0.717) is 5.39 Å². The third-order valence-electron chi connectivity index (χ3n) is 3.80. The highest BCUT2D eigenvalue weighted by Crippen LogP contribution is 2.35. The molecule has 10 heteroatoms. The average molecular weight is 373 g/mol. The van der Waals surface area contributed by atoms with Crippen LogP contribution in [-0.2, 0) is 9.53 Å². The fourth-order valence-corrected chi connectivity index (χ4v) is 2.77. The molecule has 0 radical (unpaired) electrons. The quantitative estimate of drug-likeness (QED) is 0.605. The number of fused-ring (bicyclic) bond motifs is 1. The number of benzene rings is 1. The maximum atomic E-state index is 14.3. The number of pyridine rings is 1. The zero-order chi connectivity index (χ0) is 18.3. The number of nitrogens with zero attached hydrogens (tertiary/aromatic N) is 1. The van der Waals surface area contributed by atoms with Crippen LogP contribution in [0.5, 0.6) is 5.75 Å². The second-order valence-electron chi connectivity index (χ2n) is 5.42. The Morgan fingerprint density at radius 3 is 2.68 bits per heavy atom. The largest absolute Gasteiger partial charge is 0.479 e. The van der Waals surface area contributed by atoms with Crippen molar-refractivity contribution in [3.8, 4) is 5.75 Å². The van der Waals surface area contributed by atoms with Crippen LogP contribution in [0.1, 0.15) is 0 Å². The first kappa shape index (κ1) is 17.8. The molecule has 1 saturated heterocycles. The van der Waals surface area contributed by atoms with Crippen molar-refractivity contribution in [2.75, 3.05) is 0 Å². The van der Waals surface area contributed by atoms with E-state index in [0.717, 1.165) is 6.07 Å². The van der Waals surface area contributed by atoms with Crippen LogP contribution < -0.4 is 4.74 Å². The zero-order valence-electron chi connectivity index (χ0n) is 12.4. The number of aromatic nitrogens is 1. The summed E-state index contributed by atoms with van der Waals surface area (Å²) in [7, 11) is 0. The lowest BCUT2D eigenvalue weighted by molar-refractivity contribution is -0.271. The van der Waals surface area contributed by atoms with Crippen LogP contribution in [-0.4, -0.2) is 62.1 Å². The predicted molar refractivity (Wildman–Crippen MR) is 81.7 cm³/mol. The van der Waals surface area contributed by atoms with E-state index in [1.54, 1.807) is 12.1 Å². The van der Waals surface area contributed by atoms with Gasteiger partial charge in [0.2, 0.25) is 6.29 Å². The van der Waals surface area contributed by atoms with Gasteiger partial charge in [-0.25, -0.2) is 9.18 Å². The van der Waals surface area contributed by atoms with Crippen LogP contribution >= 0.6 is 11.6 Å². The first-order chi connectivity index (χ1) is 11.8. The summed E-state index contributed by atoms with van der Waals surface area (Å²) in [5.74, 6) is -2.93. The van der Waals surface area contributed by atoms with Crippen molar-refractivity contribution in [1.82, 2.24) is 4.98 Å². The molecule has 5 atom stereocenters. The summed E-state index contributed by atoms with van der Waals surface area (Å²) in [6.45, 7) is 0. The van der Waals surface area contributed by atoms with Gasteiger partial charge in [0.25, 0.3) is 0 Å². The van der Waals surface area contributed by atoms with Gasteiger partial charge in [-0.3, -0.25) is 4.98 Å². The molecule has 0 amide bonds. The van der Waals surface area contributed by atoms with Crippen molar-refractivity contribution in [2.24, 2.45) is 0 Å². The maximum Gasteiger partial charge on any atom is 0.335 e. The van der Waals surface area contributed by atoms with Gasteiger partial charge in [0.1, 0.15) is 23.8 Å². The summed E-state index contributed by atoms with van der Waals surface area (Å²) >= 11 is 5.95.